The van der Waals surface area contributed by atoms with E-state index in [-0.39, 0.29) is 5.78 Å². The summed E-state index contributed by atoms with van der Waals surface area (Å²) in [7, 11) is 3.11. The molecule has 23 heavy (non-hydrogen) atoms. The maximum Gasteiger partial charge on any atom is 0.303 e. The zero-order valence-electron chi connectivity index (χ0n) is 13.2. The standard InChI is InChI=1S/C18H18O5/c1-12(19)23-18(14-6-10-16(22-3)11-7-14)17(20)13-4-8-15(21-2)9-5-13/h4-11,18H,1-3H3. The Hall–Kier alpha value is -2.82. The van der Waals surface area contributed by atoms with Crippen LogP contribution in [0, 0.1) is 0 Å². The highest BCUT2D eigenvalue weighted by atomic mass is 16.5. The Kier molecular flexibility index (Phi) is 5.36. The van der Waals surface area contributed by atoms with Crippen LogP contribution in [0.15, 0.2) is 48.5 Å². The summed E-state index contributed by atoms with van der Waals surface area (Å²) >= 11 is 0. The van der Waals surface area contributed by atoms with Crippen molar-refractivity contribution in [1.29, 1.82) is 0 Å². The predicted molar refractivity (Wildman–Crippen MR) is 84.8 cm³/mol. The second-order valence-corrected chi connectivity index (χ2v) is 4.86. The van der Waals surface area contributed by atoms with E-state index in [0.29, 0.717) is 22.6 Å². The first-order valence-corrected chi connectivity index (χ1v) is 7.04. The Morgan fingerprint density at radius 3 is 1.74 bits per heavy atom. The Bertz CT molecular complexity index is 674. The summed E-state index contributed by atoms with van der Waals surface area (Å²) in [5, 5.41) is 0. The van der Waals surface area contributed by atoms with Gasteiger partial charge in [-0.25, -0.2) is 0 Å². The van der Waals surface area contributed by atoms with Gasteiger partial charge in [0.2, 0.25) is 5.78 Å². The number of hydrogen-bond acceptors (Lipinski definition) is 5. The van der Waals surface area contributed by atoms with Gasteiger partial charge >= 0.3 is 5.97 Å². The van der Waals surface area contributed by atoms with Gasteiger partial charge < -0.3 is 14.2 Å². The minimum Gasteiger partial charge on any atom is -0.497 e. The van der Waals surface area contributed by atoms with E-state index in [1.165, 1.54) is 6.92 Å². The molecule has 0 spiro atoms. The van der Waals surface area contributed by atoms with Crippen LogP contribution in [0.5, 0.6) is 11.5 Å². The highest BCUT2D eigenvalue weighted by Crippen LogP contribution is 2.25. The fraction of sp³-hybridized carbons (Fsp3) is 0.222. The molecule has 5 nitrogen and oxygen atoms in total. The molecule has 0 amide bonds. The Morgan fingerprint density at radius 2 is 1.30 bits per heavy atom. The lowest BCUT2D eigenvalue weighted by Crippen LogP contribution is -2.18. The van der Waals surface area contributed by atoms with Crippen LogP contribution < -0.4 is 9.47 Å². The van der Waals surface area contributed by atoms with Crippen molar-refractivity contribution in [2.75, 3.05) is 14.2 Å². The van der Waals surface area contributed by atoms with Gasteiger partial charge in [-0.2, -0.15) is 0 Å². The Balaban J connectivity index is 2.31. The van der Waals surface area contributed by atoms with Crippen LogP contribution in [0.1, 0.15) is 28.9 Å². The molecule has 2 aromatic rings. The number of esters is 1. The van der Waals surface area contributed by atoms with E-state index in [2.05, 4.69) is 0 Å². The smallest absolute Gasteiger partial charge is 0.303 e. The molecule has 0 heterocycles. The zero-order chi connectivity index (χ0) is 16.8. The molecule has 5 heteroatoms. The number of carbonyl (C=O) groups is 2. The minimum absolute atomic E-state index is 0.298. The highest BCUT2D eigenvalue weighted by molar-refractivity contribution is 6.01. The van der Waals surface area contributed by atoms with E-state index in [1.54, 1.807) is 62.8 Å². The van der Waals surface area contributed by atoms with Gasteiger partial charge in [-0.1, -0.05) is 12.1 Å². The number of benzene rings is 2. The third-order valence-electron chi connectivity index (χ3n) is 3.32. The first-order valence-electron chi connectivity index (χ1n) is 7.04. The van der Waals surface area contributed by atoms with Gasteiger partial charge in [-0.05, 0) is 36.4 Å². The lowest BCUT2D eigenvalue weighted by Gasteiger charge is -2.17. The van der Waals surface area contributed by atoms with E-state index < -0.39 is 12.1 Å². The van der Waals surface area contributed by atoms with E-state index >= 15 is 0 Å². The number of ether oxygens (including phenoxy) is 3. The highest BCUT2D eigenvalue weighted by Gasteiger charge is 2.25. The van der Waals surface area contributed by atoms with Gasteiger partial charge in [-0.3, -0.25) is 9.59 Å². The topological polar surface area (TPSA) is 61.8 Å². The van der Waals surface area contributed by atoms with Gasteiger partial charge in [0.1, 0.15) is 11.5 Å². The van der Waals surface area contributed by atoms with E-state index in [1.807, 2.05) is 0 Å². The van der Waals surface area contributed by atoms with Crippen molar-refractivity contribution in [3.63, 3.8) is 0 Å². The van der Waals surface area contributed by atoms with Gasteiger partial charge in [-0.15, -0.1) is 0 Å². The first kappa shape index (κ1) is 16.5. The molecule has 0 saturated heterocycles. The van der Waals surface area contributed by atoms with E-state index in [4.69, 9.17) is 14.2 Å². The molecular weight excluding hydrogens is 296 g/mol. The Morgan fingerprint density at radius 1 is 0.826 bits per heavy atom. The lowest BCUT2D eigenvalue weighted by atomic mass is 9.99. The minimum atomic E-state index is -0.994. The number of carbonyl (C=O) groups excluding carboxylic acids is 2. The number of rotatable bonds is 6. The molecule has 0 aliphatic heterocycles. The average molecular weight is 314 g/mol. The molecule has 0 aromatic heterocycles. The van der Waals surface area contributed by atoms with Crippen molar-refractivity contribution in [3.8, 4) is 11.5 Å². The van der Waals surface area contributed by atoms with Gasteiger partial charge in [0.25, 0.3) is 0 Å². The molecular formula is C18H18O5. The van der Waals surface area contributed by atoms with Crippen molar-refractivity contribution < 1.29 is 23.8 Å². The van der Waals surface area contributed by atoms with Crippen molar-refractivity contribution in [1.82, 2.24) is 0 Å². The van der Waals surface area contributed by atoms with Crippen LogP contribution >= 0.6 is 0 Å². The molecule has 0 bridgehead atoms. The summed E-state index contributed by atoms with van der Waals surface area (Å²) in [5.74, 6) is 0.489. The van der Waals surface area contributed by atoms with Crippen molar-refractivity contribution in [3.05, 3.63) is 59.7 Å². The third-order valence-corrected chi connectivity index (χ3v) is 3.32. The summed E-state index contributed by atoms with van der Waals surface area (Å²) < 4.78 is 15.4. The first-order chi connectivity index (χ1) is 11.0. The summed E-state index contributed by atoms with van der Waals surface area (Å²) in [6.07, 6.45) is -0.994. The van der Waals surface area contributed by atoms with Gasteiger partial charge in [0.15, 0.2) is 6.10 Å². The summed E-state index contributed by atoms with van der Waals surface area (Å²) in [6.45, 7) is 1.28. The number of ketones is 1. The van der Waals surface area contributed by atoms with Crippen LogP contribution in [-0.2, 0) is 9.53 Å². The monoisotopic (exact) mass is 314 g/mol. The average Bonchev–Trinajstić information content (AvgIpc) is 2.59. The van der Waals surface area contributed by atoms with Crippen LogP contribution in [0.2, 0.25) is 0 Å². The van der Waals surface area contributed by atoms with E-state index in [9.17, 15) is 9.59 Å². The normalized spacial score (nSPS) is 11.4. The SMILES string of the molecule is COc1ccc(C(=O)C(OC(C)=O)c2ccc(OC)cc2)cc1. The van der Waals surface area contributed by atoms with Crippen LogP contribution in [0.4, 0.5) is 0 Å². The number of hydrogen-bond donors (Lipinski definition) is 0. The third kappa shape index (κ3) is 4.10. The Labute approximate surface area is 134 Å². The summed E-state index contributed by atoms with van der Waals surface area (Å²) in [5.41, 5.74) is 1.02. The maximum absolute atomic E-state index is 12.7. The fourth-order valence-electron chi connectivity index (χ4n) is 2.12. The molecule has 0 radical (unpaired) electrons. The molecule has 1 unspecified atom stereocenters. The molecule has 2 aromatic carbocycles. The largest absolute Gasteiger partial charge is 0.497 e. The van der Waals surface area contributed by atoms with Crippen LogP contribution in [0.25, 0.3) is 0 Å². The quantitative estimate of drug-likeness (QED) is 0.605. The summed E-state index contributed by atoms with van der Waals surface area (Å²) in [6, 6.07) is 13.5. The van der Waals surface area contributed by atoms with Crippen LogP contribution in [0.3, 0.4) is 0 Å². The number of methoxy groups -OCH3 is 2. The van der Waals surface area contributed by atoms with Crippen molar-refractivity contribution in [2.24, 2.45) is 0 Å². The second kappa shape index (κ2) is 7.45. The zero-order valence-corrected chi connectivity index (χ0v) is 13.2. The molecule has 120 valence electrons. The molecule has 1 atom stereocenters. The molecule has 0 aliphatic rings. The maximum atomic E-state index is 12.7. The van der Waals surface area contributed by atoms with Gasteiger partial charge in [0, 0.05) is 18.1 Å². The lowest BCUT2D eigenvalue weighted by molar-refractivity contribution is -0.144. The molecule has 2 rings (SSSR count). The molecule has 0 aliphatic carbocycles. The molecule has 0 fully saturated rings. The van der Waals surface area contributed by atoms with Gasteiger partial charge in [0.05, 0.1) is 14.2 Å². The van der Waals surface area contributed by atoms with Crippen molar-refractivity contribution in [2.45, 2.75) is 13.0 Å². The predicted octanol–water partition coefficient (Wildman–Crippen LogP) is 3.19. The van der Waals surface area contributed by atoms with Crippen LogP contribution in [-0.4, -0.2) is 26.0 Å². The summed E-state index contributed by atoms with van der Waals surface area (Å²) in [4.78, 5) is 24.1. The molecule has 0 saturated carbocycles. The molecule has 0 N–H and O–H groups in total. The fourth-order valence-corrected chi connectivity index (χ4v) is 2.12. The number of Topliss-reactive ketones (excluding diaryl/α,β-unsaturated/α-hetero) is 1. The second-order valence-electron chi connectivity index (χ2n) is 4.86. The van der Waals surface area contributed by atoms with Crippen molar-refractivity contribution >= 4 is 11.8 Å². The van der Waals surface area contributed by atoms with E-state index in [0.717, 1.165) is 0 Å².